The third-order valence-corrected chi connectivity index (χ3v) is 5.99. The van der Waals surface area contributed by atoms with Crippen LogP contribution in [-0.2, 0) is 16.6 Å². The van der Waals surface area contributed by atoms with Crippen molar-refractivity contribution < 1.29 is 8.42 Å². The number of sulfonamides is 1. The lowest BCUT2D eigenvalue weighted by Crippen LogP contribution is -2.32. The molecule has 0 amide bonds. The SMILES string of the molecule is CCCN(CC)S(=O)(=O)c1cc(CNCC)ccc1Br. The lowest BCUT2D eigenvalue weighted by molar-refractivity contribution is 0.426. The standard InChI is InChI=1S/C14H23BrN2O2S/c1-4-9-17(6-3)20(18,19)14-10-12(11-16-5-2)7-8-13(14)15/h7-8,10,16H,4-6,9,11H2,1-3H3. The molecule has 1 N–H and O–H groups in total. The molecule has 20 heavy (non-hydrogen) atoms. The molecule has 0 aromatic heterocycles. The topological polar surface area (TPSA) is 49.4 Å². The average Bonchev–Trinajstić information content (AvgIpc) is 2.43. The smallest absolute Gasteiger partial charge is 0.244 e. The van der Waals surface area contributed by atoms with Gasteiger partial charge >= 0.3 is 0 Å². The minimum atomic E-state index is -3.43. The maximum atomic E-state index is 12.7. The summed E-state index contributed by atoms with van der Waals surface area (Å²) in [6.45, 7) is 8.43. The van der Waals surface area contributed by atoms with Crippen molar-refractivity contribution in [1.29, 1.82) is 0 Å². The van der Waals surface area contributed by atoms with Crippen molar-refractivity contribution in [2.24, 2.45) is 0 Å². The summed E-state index contributed by atoms with van der Waals surface area (Å²) in [4.78, 5) is 0.350. The van der Waals surface area contributed by atoms with Gasteiger partial charge in [0.15, 0.2) is 0 Å². The zero-order valence-electron chi connectivity index (χ0n) is 12.3. The molecule has 0 spiro atoms. The fourth-order valence-electron chi connectivity index (χ4n) is 1.96. The molecule has 114 valence electrons. The first kappa shape index (κ1) is 17.6. The lowest BCUT2D eigenvalue weighted by Gasteiger charge is -2.21. The monoisotopic (exact) mass is 362 g/mol. The number of benzene rings is 1. The number of hydrogen-bond donors (Lipinski definition) is 1. The minimum absolute atomic E-state index is 0.350. The van der Waals surface area contributed by atoms with E-state index in [-0.39, 0.29) is 0 Å². The number of hydrogen-bond acceptors (Lipinski definition) is 3. The van der Waals surface area contributed by atoms with Crippen molar-refractivity contribution in [3.8, 4) is 0 Å². The number of rotatable bonds is 8. The van der Waals surface area contributed by atoms with Crippen LogP contribution in [0.15, 0.2) is 27.6 Å². The van der Waals surface area contributed by atoms with Crippen molar-refractivity contribution in [2.75, 3.05) is 19.6 Å². The van der Waals surface area contributed by atoms with E-state index in [4.69, 9.17) is 0 Å². The van der Waals surface area contributed by atoms with Crippen molar-refractivity contribution in [3.05, 3.63) is 28.2 Å². The van der Waals surface area contributed by atoms with E-state index in [2.05, 4.69) is 21.2 Å². The van der Waals surface area contributed by atoms with Gasteiger partial charge in [-0.05, 0) is 46.6 Å². The molecule has 6 heteroatoms. The lowest BCUT2D eigenvalue weighted by atomic mass is 10.2. The van der Waals surface area contributed by atoms with Crippen molar-refractivity contribution >= 4 is 26.0 Å². The van der Waals surface area contributed by atoms with Crippen LogP contribution in [0.5, 0.6) is 0 Å². The first-order valence-corrected chi connectivity index (χ1v) is 9.19. The second-order valence-electron chi connectivity index (χ2n) is 4.54. The van der Waals surface area contributed by atoms with Crippen molar-refractivity contribution in [2.45, 2.75) is 38.6 Å². The van der Waals surface area contributed by atoms with Crippen LogP contribution in [0.25, 0.3) is 0 Å². The summed E-state index contributed by atoms with van der Waals surface area (Å²) in [5.41, 5.74) is 0.973. The Balaban J connectivity index is 3.15. The largest absolute Gasteiger partial charge is 0.313 e. The van der Waals surface area contributed by atoms with E-state index in [1.54, 1.807) is 12.1 Å². The van der Waals surface area contributed by atoms with Gasteiger partial charge in [0.05, 0.1) is 4.90 Å². The molecule has 0 saturated heterocycles. The average molecular weight is 363 g/mol. The van der Waals surface area contributed by atoms with E-state index >= 15 is 0 Å². The van der Waals surface area contributed by atoms with Gasteiger partial charge in [0.2, 0.25) is 10.0 Å². The highest BCUT2D eigenvalue weighted by Crippen LogP contribution is 2.26. The van der Waals surface area contributed by atoms with Crippen LogP contribution in [0.3, 0.4) is 0 Å². The Hall–Kier alpha value is -0.430. The Morgan fingerprint density at radius 3 is 2.50 bits per heavy atom. The van der Waals surface area contributed by atoms with E-state index < -0.39 is 10.0 Å². The van der Waals surface area contributed by atoms with E-state index in [9.17, 15) is 8.42 Å². The summed E-state index contributed by atoms with van der Waals surface area (Å²) >= 11 is 3.36. The third-order valence-electron chi connectivity index (χ3n) is 3.02. The van der Waals surface area contributed by atoms with Crippen LogP contribution in [0.1, 0.15) is 32.8 Å². The number of halogens is 1. The molecule has 0 saturated carbocycles. The molecule has 0 atom stereocenters. The minimum Gasteiger partial charge on any atom is -0.313 e. The summed E-state index contributed by atoms with van der Waals surface area (Å²) in [5.74, 6) is 0. The van der Waals surface area contributed by atoms with Gasteiger partial charge in [-0.15, -0.1) is 0 Å². The molecule has 0 aliphatic carbocycles. The Labute approximate surface area is 130 Å². The van der Waals surface area contributed by atoms with Gasteiger partial charge < -0.3 is 5.32 Å². The molecule has 0 bridgehead atoms. The highest BCUT2D eigenvalue weighted by molar-refractivity contribution is 9.10. The van der Waals surface area contributed by atoms with Crippen LogP contribution in [-0.4, -0.2) is 32.4 Å². The molecule has 0 radical (unpaired) electrons. The fraction of sp³-hybridized carbons (Fsp3) is 0.571. The summed E-state index contributed by atoms with van der Waals surface area (Å²) < 4.78 is 27.5. The van der Waals surface area contributed by atoms with Gasteiger partial charge in [0.25, 0.3) is 0 Å². The van der Waals surface area contributed by atoms with Crippen LogP contribution >= 0.6 is 15.9 Å². The van der Waals surface area contributed by atoms with Gasteiger partial charge in [-0.25, -0.2) is 8.42 Å². The summed E-state index contributed by atoms with van der Waals surface area (Å²) in [6, 6.07) is 5.49. The molecule has 1 aromatic rings. The van der Waals surface area contributed by atoms with Gasteiger partial charge in [-0.2, -0.15) is 4.31 Å². The summed E-state index contributed by atoms with van der Waals surface area (Å²) in [7, 11) is -3.43. The first-order chi connectivity index (χ1) is 9.47. The highest BCUT2D eigenvalue weighted by Gasteiger charge is 2.24. The number of nitrogens with zero attached hydrogens (tertiary/aromatic N) is 1. The van der Waals surface area contributed by atoms with Gasteiger partial charge in [0.1, 0.15) is 0 Å². The molecular formula is C14H23BrN2O2S. The number of nitrogens with one attached hydrogen (secondary N) is 1. The highest BCUT2D eigenvalue weighted by atomic mass is 79.9. The first-order valence-electron chi connectivity index (χ1n) is 6.96. The molecule has 1 rings (SSSR count). The molecular weight excluding hydrogens is 340 g/mol. The predicted molar refractivity (Wildman–Crippen MR) is 86.2 cm³/mol. The second kappa shape index (κ2) is 8.12. The van der Waals surface area contributed by atoms with E-state index in [1.807, 2.05) is 26.8 Å². The predicted octanol–water partition coefficient (Wildman–Crippen LogP) is 2.98. The van der Waals surface area contributed by atoms with Gasteiger partial charge in [-0.1, -0.05) is 26.8 Å². The zero-order chi connectivity index (χ0) is 15.2. The zero-order valence-corrected chi connectivity index (χ0v) is 14.7. The molecule has 0 aliphatic heterocycles. The normalized spacial score (nSPS) is 12.1. The third kappa shape index (κ3) is 4.28. The molecule has 0 heterocycles. The van der Waals surface area contributed by atoms with Gasteiger partial charge in [0, 0.05) is 24.1 Å². The molecule has 4 nitrogen and oxygen atoms in total. The Kier molecular flexibility index (Phi) is 7.15. The summed E-state index contributed by atoms with van der Waals surface area (Å²) in [6.07, 6.45) is 0.807. The van der Waals surface area contributed by atoms with Crippen LogP contribution < -0.4 is 5.32 Å². The molecule has 0 unspecified atom stereocenters. The molecule has 0 fully saturated rings. The van der Waals surface area contributed by atoms with Crippen molar-refractivity contribution in [3.63, 3.8) is 0 Å². The fourth-order valence-corrected chi connectivity index (χ4v) is 4.48. The van der Waals surface area contributed by atoms with Gasteiger partial charge in [-0.3, -0.25) is 0 Å². The van der Waals surface area contributed by atoms with E-state index in [0.717, 1.165) is 18.5 Å². The van der Waals surface area contributed by atoms with Crippen molar-refractivity contribution in [1.82, 2.24) is 9.62 Å². The maximum Gasteiger partial charge on any atom is 0.244 e. The molecule has 0 aliphatic rings. The van der Waals surface area contributed by atoms with Crippen LogP contribution in [0.4, 0.5) is 0 Å². The van der Waals surface area contributed by atoms with E-state index in [1.165, 1.54) is 4.31 Å². The maximum absolute atomic E-state index is 12.7. The van der Waals surface area contributed by atoms with Crippen LogP contribution in [0.2, 0.25) is 0 Å². The van der Waals surface area contributed by atoms with E-state index in [0.29, 0.717) is 29.0 Å². The van der Waals surface area contributed by atoms with Crippen LogP contribution in [0, 0.1) is 0 Å². The Morgan fingerprint density at radius 2 is 1.95 bits per heavy atom. The molecule has 1 aromatic carbocycles. The Bertz CT molecular complexity index is 532. The second-order valence-corrected chi connectivity index (χ2v) is 7.30. The summed E-state index contributed by atoms with van der Waals surface area (Å²) in [5, 5.41) is 3.21. The Morgan fingerprint density at radius 1 is 1.25 bits per heavy atom. The quantitative estimate of drug-likeness (QED) is 0.773.